The zero-order valence-corrected chi connectivity index (χ0v) is 12.6. The van der Waals surface area contributed by atoms with E-state index in [1.165, 1.54) is 0 Å². The Morgan fingerprint density at radius 1 is 1.58 bits per heavy atom. The molecule has 0 saturated carbocycles. The molecule has 0 spiro atoms. The fourth-order valence-electron chi connectivity index (χ4n) is 2.14. The molecule has 1 amide bonds. The highest BCUT2D eigenvalue weighted by molar-refractivity contribution is 9.10. The summed E-state index contributed by atoms with van der Waals surface area (Å²) in [6.45, 7) is 4.09. The number of ether oxygens (including phenoxy) is 1. The lowest BCUT2D eigenvalue weighted by molar-refractivity contribution is -0.124. The van der Waals surface area contributed by atoms with Crippen LogP contribution in [0.1, 0.15) is 13.3 Å². The SMILES string of the molecule is CC1CCNCC1NC(=O)COc1cccc(Br)c1. The minimum absolute atomic E-state index is 0.0552. The fourth-order valence-corrected chi connectivity index (χ4v) is 2.52. The van der Waals surface area contributed by atoms with Crippen molar-refractivity contribution < 1.29 is 9.53 Å². The first-order valence-electron chi connectivity index (χ1n) is 6.53. The largest absolute Gasteiger partial charge is 0.484 e. The van der Waals surface area contributed by atoms with Gasteiger partial charge in [0.1, 0.15) is 5.75 Å². The normalized spacial score (nSPS) is 22.8. The number of carbonyl (C=O) groups excluding carboxylic acids is 1. The highest BCUT2D eigenvalue weighted by Crippen LogP contribution is 2.17. The standard InChI is InChI=1S/C14H19BrN2O2/c1-10-5-6-16-8-13(10)17-14(18)9-19-12-4-2-3-11(15)7-12/h2-4,7,10,13,16H,5-6,8-9H2,1H3,(H,17,18). The number of amides is 1. The molecule has 19 heavy (non-hydrogen) atoms. The van der Waals surface area contributed by atoms with Gasteiger partial charge in [0, 0.05) is 17.1 Å². The van der Waals surface area contributed by atoms with E-state index in [4.69, 9.17) is 4.74 Å². The van der Waals surface area contributed by atoms with Gasteiger partial charge in [-0.1, -0.05) is 28.9 Å². The van der Waals surface area contributed by atoms with E-state index in [9.17, 15) is 4.79 Å². The van der Waals surface area contributed by atoms with Crippen molar-refractivity contribution in [2.75, 3.05) is 19.7 Å². The highest BCUT2D eigenvalue weighted by atomic mass is 79.9. The summed E-state index contributed by atoms with van der Waals surface area (Å²) in [5.41, 5.74) is 0. The van der Waals surface area contributed by atoms with Crippen LogP contribution in [0.4, 0.5) is 0 Å². The van der Waals surface area contributed by atoms with Crippen molar-refractivity contribution in [2.45, 2.75) is 19.4 Å². The molecule has 2 rings (SSSR count). The molecule has 0 radical (unpaired) electrons. The first-order chi connectivity index (χ1) is 9.15. The number of carbonyl (C=O) groups is 1. The Bertz CT molecular complexity index is 439. The van der Waals surface area contributed by atoms with E-state index in [0.29, 0.717) is 11.7 Å². The summed E-state index contributed by atoms with van der Waals surface area (Å²) in [6.07, 6.45) is 1.09. The number of rotatable bonds is 4. The molecule has 1 aliphatic rings. The number of halogens is 1. The maximum atomic E-state index is 11.8. The summed E-state index contributed by atoms with van der Waals surface area (Å²) in [7, 11) is 0. The second-order valence-electron chi connectivity index (χ2n) is 4.89. The Balaban J connectivity index is 1.78. The van der Waals surface area contributed by atoms with E-state index in [1.807, 2.05) is 24.3 Å². The van der Waals surface area contributed by atoms with Gasteiger partial charge in [-0.15, -0.1) is 0 Å². The smallest absolute Gasteiger partial charge is 0.258 e. The molecule has 0 aliphatic carbocycles. The molecule has 1 saturated heterocycles. The molecule has 1 aliphatic heterocycles. The Labute approximate surface area is 122 Å². The number of benzene rings is 1. The van der Waals surface area contributed by atoms with Crippen molar-refractivity contribution in [2.24, 2.45) is 5.92 Å². The average Bonchev–Trinajstić information content (AvgIpc) is 2.39. The summed E-state index contributed by atoms with van der Waals surface area (Å²) in [5, 5.41) is 6.31. The fraction of sp³-hybridized carbons (Fsp3) is 0.500. The molecule has 1 heterocycles. The molecule has 2 unspecified atom stereocenters. The number of piperidine rings is 1. The molecule has 1 aromatic carbocycles. The van der Waals surface area contributed by atoms with Gasteiger partial charge < -0.3 is 15.4 Å². The Hall–Kier alpha value is -1.07. The van der Waals surface area contributed by atoms with Crippen LogP contribution < -0.4 is 15.4 Å². The van der Waals surface area contributed by atoms with Gasteiger partial charge in [0.15, 0.2) is 6.61 Å². The third-order valence-electron chi connectivity index (χ3n) is 3.34. The second-order valence-corrected chi connectivity index (χ2v) is 5.81. The van der Waals surface area contributed by atoms with Gasteiger partial charge in [-0.2, -0.15) is 0 Å². The van der Waals surface area contributed by atoms with Gasteiger partial charge in [0.05, 0.1) is 0 Å². The summed E-state index contributed by atoms with van der Waals surface area (Å²) in [5.74, 6) is 1.14. The Morgan fingerprint density at radius 3 is 3.16 bits per heavy atom. The maximum absolute atomic E-state index is 11.8. The van der Waals surface area contributed by atoms with Crippen molar-refractivity contribution in [1.82, 2.24) is 10.6 Å². The molecule has 104 valence electrons. The zero-order chi connectivity index (χ0) is 13.7. The maximum Gasteiger partial charge on any atom is 0.258 e. The molecular formula is C14H19BrN2O2. The number of nitrogens with one attached hydrogen (secondary N) is 2. The lowest BCUT2D eigenvalue weighted by Gasteiger charge is -2.30. The molecule has 5 heteroatoms. The van der Waals surface area contributed by atoms with E-state index < -0.39 is 0 Å². The molecule has 1 fully saturated rings. The topological polar surface area (TPSA) is 50.4 Å². The van der Waals surface area contributed by atoms with Crippen LogP contribution in [-0.4, -0.2) is 31.6 Å². The van der Waals surface area contributed by atoms with Crippen LogP contribution in [0, 0.1) is 5.92 Å². The van der Waals surface area contributed by atoms with E-state index in [-0.39, 0.29) is 18.6 Å². The number of hydrogen-bond donors (Lipinski definition) is 2. The summed E-state index contributed by atoms with van der Waals surface area (Å²) >= 11 is 3.37. The third-order valence-corrected chi connectivity index (χ3v) is 3.83. The molecule has 0 aromatic heterocycles. The van der Waals surface area contributed by atoms with Crippen LogP contribution in [0.2, 0.25) is 0 Å². The van der Waals surface area contributed by atoms with Gasteiger partial charge in [-0.3, -0.25) is 4.79 Å². The lowest BCUT2D eigenvalue weighted by atomic mass is 9.95. The van der Waals surface area contributed by atoms with Gasteiger partial charge >= 0.3 is 0 Å². The minimum atomic E-state index is -0.0690. The first-order valence-corrected chi connectivity index (χ1v) is 7.33. The van der Waals surface area contributed by atoms with E-state index in [1.54, 1.807) is 0 Å². The zero-order valence-electron chi connectivity index (χ0n) is 11.0. The molecule has 2 N–H and O–H groups in total. The first kappa shape index (κ1) is 14.3. The van der Waals surface area contributed by atoms with Gasteiger partial charge in [0.25, 0.3) is 5.91 Å². The van der Waals surface area contributed by atoms with Crippen LogP contribution in [0.5, 0.6) is 5.75 Å². The minimum Gasteiger partial charge on any atom is -0.484 e. The molecule has 0 bridgehead atoms. The average molecular weight is 327 g/mol. The van der Waals surface area contributed by atoms with Crippen LogP contribution >= 0.6 is 15.9 Å². The van der Waals surface area contributed by atoms with Crippen LogP contribution in [-0.2, 0) is 4.79 Å². The van der Waals surface area contributed by atoms with Crippen molar-refractivity contribution in [3.05, 3.63) is 28.7 Å². The van der Waals surface area contributed by atoms with Crippen LogP contribution in [0.3, 0.4) is 0 Å². The van der Waals surface area contributed by atoms with Crippen molar-refractivity contribution in [3.63, 3.8) is 0 Å². The monoisotopic (exact) mass is 326 g/mol. The second kappa shape index (κ2) is 6.91. The van der Waals surface area contributed by atoms with Crippen molar-refractivity contribution in [3.8, 4) is 5.75 Å². The highest BCUT2D eigenvalue weighted by Gasteiger charge is 2.22. The van der Waals surface area contributed by atoms with Gasteiger partial charge in [-0.25, -0.2) is 0 Å². The lowest BCUT2D eigenvalue weighted by Crippen LogP contribution is -2.51. The number of hydrogen-bond acceptors (Lipinski definition) is 3. The van der Waals surface area contributed by atoms with Crippen molar-refractivity contribution >= 4 is 21.8 Å². The quantitative estimate of drug-likeness (QED) is 0.889. The molecular weight excluding hydrogens is 308 g/mol. The van der Waals surface area contributed by atoms with Crippen molar-refractivity contribution in [1.29, 1.82) is 0 Å². The molecule has 1 aromatic rings. The molecule has 2 atom stereocenters. The van der Waals surface area contributed by atoms with E-state index in [2.05, 4.69) is 33.5 Å². The van der Waals surface area contributed by atoms with Gasteiger partial charge in [0.2, 0.25) is 0 Å². The predicted octanol–water partition coefficient (Wildman–Crippen LogP) is 1.94. The van der Waals surface area contributed by atoms with E-state index >= 15 is 0 Å². The summed E-state index contributed by atoms with van der Waals surface area (Å²) in [4.78, 5) is 11.8. The predicted molar refractivity (Wildman–Crippen MR) is 78.2 cm³/mol. The Morgan fingerprint density at radius 2 is 2.42 bits per heavy atom. The summed E-state index contributed by atoms with van der Waals surface area (Å²) in [6, 6.07) is 7.68. The Kier molecular flexibility index (Phi) is 5.22. The third kappa shape index (κ3) is 4.51. The van der Waals surface area contributed by atoms with Crippen LogP contribution in [0.25, 0.3) is 0 Å². The van der Waals surface area contributed by atoms with Gasteiger partial charge in [-0.05, 0) is 37.1 Å². The summed E-state index contributed by atoms with van der Waals surface area (Å²) < 4.78 is 6.40. The van der Waals surface area contributed by atoms with E-state index in [0.717, 1.165) is 24.0 Å². The molecule has 4 nitrogen and oxygen atoms in total. The van der Waals surface area contributed by atoms with Crippen LogP contribution in [0.15, 0.2) is 28.7 Å².